The van der Waals surface area contributed by atoms with Gasteiger partial charge in [-0.3, -0.25) is 14.3 Å². The van der Waals surface area contributed by atoms with E-state index in [0.717, 1.165) is 23.3 Å². The second kappa shape index (κ2) is 5.07. The highest BCUT2D eigenvalue weighted by Crippen LogP contribution is 2.24. The lowest BCUT2D eigenvalue weighted by atomic mass is 10.2. The van der Waals surface area contributed by atoms with Gasteiger partial charge in [0, 0.05) is 11.4 Å². The molecule has 98 valence electrons. The minimum Gasteiger partial charge on any atom is -0.330 e. The van der Waals surface area contributed by atoms with E-state index in [1.54, 1.807) is 0 Å². The van der Waals surface area contributed by atoms with E-state index in [-0.39, 0.29) is 11.2 Å². The third kappa shape index (κ3) is 2.13. The summed E-state index contributed by atoms with van der Waals surface area (Å²) >= 11 is 1.46. The molecule has 0 atom stereocenters. The molecule has 5 nitrogen and oxygen atoms in total. The van der Waals surface area contributed by atoms with Crippen LogP contribution in [0.2, 0.25) is 0 Å². The molecule has 0 aromatic carbocycles. The lowest BCUT2D eigenvalue weighted by Crippen LogP contribution is -2.35. The molecule has 0 fully saturated rings. The maximum atomic E-state index is 12.3. The first-order chi connectivity index (χ1) is 8.56. The lowest BCUT2D eigenvalue weighted by Gasteiger charge is -2.04. The number of nitrogens with one attached hydrogen (secondary N) is 1. The highest BCUT2D eigenvalue weighted by atomic mass is 32.1. The van der Waals surface area contributed by atoms with Gasteiger partial charge in [0.25, 0.3) is 5.56 Å². The van der Waals surface area contributed by atoms with E-state index >= 15 is 0 Å². The summed E-state index contributed by atoms with van der Waals surface area (Å²) in [6.07, 6.45) is 1.55. The minimum absolute atomic E-state index is 0.187. The molecule has 0 bridgehead atoms. The van der Waals surface area contributed by atoms with Gasteiger partial charge in [-0.1, -0.05) is 0 Å². The molecule has 0 amide bonds. The number of aromatic amines is 1. The van der Waals surface area contributed by atoms with Crippen LogP contribution in [0, 0.1) is 13.8 Å². The third-order valence-electron chi connectivity index (χ3n) is 3.15. The number of nitrogens with two attached hydrogens (primary N) is 1. The second-order valence-corrected chi connectivity index (χ2v) is 5.59. The number of hydrogen-bond donors (Lipinski definition) is 2. The topological polar surface area (TPSA) is 80.9 Å². The highest BCUT2D eigenvalue weighted by Gasteiger charge is 2.13. The predicted molar refractivity (Wildman–Crippen MR) is 74.5 cm³/mol. The van der Waals surface area contributed by atoms with Crippen LogP contribution in [0.25, 0.3) is 10.2 Å². The number of aromatic nitrogens is 2. The molecule has 2 heterocycles. The zero-order valence-corrected chi connectivity index (χ0v) is 11.4. The van der Waals surface area contributed by atoms with Crippen molar-refractivity contribution < 1.29 is 0 Å². The van der Waals surface area contributed by atoms with Crippen molar-refractivity contribution in [1.82, 2.24) is 9.55 Å². The van der Waals surface area contributed by atoms with Crippen LogP contribution >= 0.6 is 11.3 Å². The molecule has 18 heavy (non-hydrogen) atoms. The first kappa shape index (κ1) is 13.0. The Labute approximate surface area is 108 Å². The summed E-state index contributed by atoms with van der Waals surface area (Å²) in [6, 6.07) is 0. The van der Waals surface area contributed by atoms with Crippen LogP contribution in [-0.4, -0.2) is 16.1 Å². The largest absolute Gasteiger partial charge is 0.330 e. The Morgan fingerprint density at radius 3 is 2.67 bits per heavy atom. The van der Waals surface area contributed by atoms with E-state index in [4.69, 9.17) is 5.73 Å². The summed E-state index contributed by atoms with van der Waals surface area (Å²) in [7, 11) is 0. The number of fused-ring (bicyclic) bond motifs is 1. The smallest absolute Gasteiger partial charge is 0.329 e. The molecule has 3 N–H and O–H groups in total. The van der Waals surface area contributed by atoms with Gasteiger partial charge >= 0.3 is 5.69 Å². The van der Waals surface area contributed by atoms with Crippen molar-refractivity contribution in [3.8, 4) is 0 Å². The molecule has 0 saturated heterocycles. The molecular formula is C12H17N3O2S. The quantitative estimate of drug-likeness (QED) is 0.814. The molecule has 0 radical (unpaired) electrons. The fraction of sp³-hybridized carbons (Fsp3) is 0.500. The molecular weight excluding hydrogens is 250 g/mol. The highest BCUT2D eigenvalue weighted by molar-refractivity contribution is 7.18. The molecule has 0 spiro atoms. The van der Waals surface area contributed by atoms with Crippen molar-refractivity contribution in [1.29, 1.82) is 0 Å². The summed E-state index contributed by atoms with van der Waals surface area (Å²) < 4.78 is 1.27. The summed E-state index contributed by atoms with van der Waals surface area (Å²) in [5.74, 6) is 0. The molecule has 6 heteroatoms. The van der Waals surface area contributed by atoms with Gasteiger partial charge in [0.15, 0.2) is 0 Å². The van der Waals surface area contributed by atoms with Crippen LogP contribution in [-0.2, 0) is 6.54 Å². The number of nitrogens with zero attached hydrogens (tertiary/aromatic N) is 1. The van der Waals surface area contributed by atoms with Gasteiger partial charge in [0.1, 0.15) is 4.83 Å². The van der Waals surface area contributed by atoms with Gasteiger partial charge in [-0.05, 0) is 38.8 Å². The van der Waals surface area contributed by atoms with Gasteiger partial charge in [-0.2, -0.15) is 0 Å². The van der Waals surface area contributed by atoms with Gasteiger partial charge in [0.2, 0.25) is 0 Å². The standard InChI is InChI=1S/C12H17N3O2S/c1-7-8(2)18-10-9(7)11(16)15(12(17)14-10)6-4-3-5-13/h3-6,13H2,1-2H3,(H,14,17). The van der Waals surface area contributed by atoms with Crippen molar-refractivity contribution >= 4 is 21.6 Å². The number of unbranched alkanes of at least 4 members (excludes halogenated alkanes) is 1. The average Bonchev–Trinajstić information content (AvgIpc) is 2.59. The Morgan fingerprint density at radius 1 is 1.28 bits per heavy atom. The van der Waals surface area contributed by atoms with E-state index in [9.17, 15) is 9.59 Å². The van der Waals surface area contributed by atoms with E-state index in [2.05, 4.69) is 4.98 Å². The monoisotopic (exact) mass is 267 g/mol. The second-order valence-electron chi connectivity index (χ2n) is 4.37. The van der Waals surface area contributed by atoms with Gasteiger partial charge in [-0.15, -0.1) is 11.3 Å². The maximum Gasteiger partial charge on any atom is 0.329 e. The van der Waals surface area contributed by atoms with Crippen molar-refractivity contribution in [2.45, 2.75) is 33.2 Å². The van der Waals surface area contributed by atoms with Crippen molar-refractivity contribution in [3.05, 3.63) is 31.3 Å². The zero-order chi connectivity index (χ0) is 13.3. The molecule has 2 rings (SSSR count). The Hall–Kier alpha value is -1.40. The summed E-state index contributed by atoms with van der Waals surface area (Å²) in [4.78, 5) is 28.7. The van der Waals surface area contributed by atoms with Gasteiger partial charge in [0.05, 0.1) is 5.39 Å². The molecule has 0 unspecified atom stereocenters. The average molecular weight is 267 g/mol. The zero-order valence-electron chi connectivity index (χ0n) is 10.6. The molecule has 2 aromatic rings. The van der Waals surface area contributed by atoms with Crippen LogP contribution in [0.15, 0.2) is 9.59 Å². The van der Waals surface area contributed by atoms with Crippen molar-refractivity contribution in [2.24, 2.45) is 5.73 Å². The van der Waals surface area contributed by atoms with E-state index in [1.165, 1.54) is 15.9 Å². The van der Waals surface area contributed by atoms with Crippen molar-refractivity contribution in [2.75, 3.05) is 6.54 Å². The Kier molecular flexibility index (Phi) is 3.68. The number of H-pyrrole nitrogens is 1. The van der Waals surface area contributed by atoms with E-state index < -0.39 is 0 Å². The summed E-state index contributed by atoms with van der Waals surface area (Å²) in [6.45, 7) is 4.87. The summed E-state index contributed by atoms with van der Waals surface area (Å²) in [5.41, 5.74) is 5.86. The van der Waals surface area contributed by atoms with Gasteiger partial charge < -0.3 is 5.73 Å². The SMILES string of the molecule is Cc1sc2[nH]c(=O)n(CCCCN)c(=O)c2c1C. The van der Waals surface area contributed by atoms with Crippen LogP contribution in [0.5, 0.6) is 0 Å². The number of thiophene rings is 1. The van der Waals surface area contributed by atoms with Crippen molar-refractivity contribution in [3.63, 3.8) is 0 Å². The Morgan fingerprint density at radius 2 is 2.00 bits per heavy atom. The number of hydrogen-bond acceptors (Lipinski definition) is 4. The first-order valence-electron chi connectivity index (χ1n) is 5.99. The molecule has 2 aromatic heterocycles. The molecule has 0 aliphatic carbocycles. The first-order valence-corrected chi connectivity index (χ1v) is 6.80. The third-order valence-corrected chi connectivity index (χ3v) is 4.27. The van der Waals surface area contributed by atoms with Crippen LogP contribution in [0.1, 0.15) is 23.3 Å². The fourth-order valence-corrected chi connectivity index (χ4v) is 3.02. The van der Waals surface area contributed by atoms with Crippen LogP contribution in [0.4, 0.5) is 0 Å². The normalized spacial score (nSPS) is 11.3. The van der Waals surface area contributed by atoms with E-state index in [1.807, 2.05) is 13.8 Å². The summed E-state index contributed by atoms with van der Waals surface area (Å²) in [5, 5.41) is 0.643. The Bertz CT molecular complexity index is 681. The van der Waals surface area contributed by atoms with Gasteiger partial charge in [-0.25, -0.2) is 4.79 Å². The fourth-order valence-electron chi connectivity index (χ4n) is 1.98. The molecule has 0 aliphatic rings. The van der Waals surface area contributed by atoms with Crippen LogP contribution < -0.4 is 17.0 Å². The maximum absolute atomic E-state index is 12.3. The molecule has 0 saturated carbocycles. The predicted octanol–water partition coefficient (Wildman–Crippen LogP) is 1.11. The number of aryl methyl sites for hydroxylation is 2. The molecule has 0 aliphatic heterocycles. The minimum atomic E-state index is -0.328. The number of rotatable bonds is 4. The lowest BCUT2D eigenvalue weighted by molar-refractivity contribution is 0.578. The Balaban J connectivity index is 2.57. The van der Waals surface area contributed by atoms with E-state index in [0.29, 0.717) is 23.3 Å². The van der Waals surface area contributed by atoms with Crippen LogP contribution in [0.3, 0.4) is 0 Å².